The van der Waals surface area contributed by atoms with Crippen molar-refractivity contribution >= 4 is 11.7 Å². The maximum absolute atomic E-state index is 13.6. The fourth-order valence-electron chi connectivity index (χ4n) is 1.68. The van der Waals surface area contributed by atoms with E-state index < -0.39 is 17.8 Å². The van der Waals surface area contributed by atoms with Crippen molar-refractivity contribution in [2.45, 2.75) is 26.8 Å². The first-order valence-electron chi connectivity index (χ1n) is 5.91. The molecule has 0 heterocycles. The molecule has 1 rings (SSSR count). The largest absolute Gasteiger partial charge is 0.409 e. The molecule has 19 heavy (non-hydrogen) atoms. The summed E-state index contributed by atoms with van der Waals surface area (Å²) in [6, 6.07) is 3.61. The van der Waals surface area contributed by atoms with Crippen LogP contribution in [0.15, 0.2) is 23.4 Å². The molecule has 0 spiro atoms. The van der Waals surface area contributed by atoms with Crippen molar-refractivity contribution in [3.63, 3.8) is 0 Å². The molecular formula is C13H18FN3O2. The first kappa shape index (κ1) is 14.9. The molecule has 4 N–H and O–H groups in total. The minimum absolute atomic E-state index is 0.0589. The van der Waals surface area contributed by atoms with Gasteiger partial charge in [-0.25, -0.2) is 4.39 Å². The summed E-state index contributed by atoms with van der Waals surface area (Å²) in [4.78, 5) is 12.0. The van der Waals surface area contributed by atoms with E-state index in [9.17, 15) is 9.18 Å². The zero-order valence-electron chi connectivity index (χ0n) is 11.1. The van der Waals surface area contributed by atoms with Gasteiger partial charge in [-0.15, -0.1) is 0 Å². The number of carbonyl (C=O) groups excluding carboxylic acids is 1. The number of hydrogen-bond donors (Lipinski definition) is 3. The number of nitrogens with zero attached hydrogens (tertiary/aromatic N) is 1. The molecule has 0 aliphatic carbocycles. The van der Waals surface area contributed by atoms with E-state index in [1.807, 2.05) is 0 Å². The summed E-state index contributed by atoms with van der Waals surface area (Å²) >= 11 is 0. The van der Waals surface area contributed by atoms with E-state index in [4.69, 9.17) is 10.9 Å². The van der Waals surface area contributed by atoms with Crippen LogP contribution in [-0.2, 0) is 0 Å². The Balaban J connectivity index is 2.97. The lowest BCUT2D eigenvalue weighted by Crippen LogP contribution is -2.48. The van der Waals surface area contributed by atoms with Crippen molar-refractivity contribution < 1.29 is 14.4 Å². The number of oxime groups is 1. The van der Waals surface area contributed by atoms with Crippen LogP contribution in [0, 0.1) is 18.7 Å². The molecule has 0 saturated carbocycles. The highest BCUT2D eigenvalue weighted by Gasteiger charge is 2.22. The molecule has 0 bridgehead atoms. The van der Waals surface area contributed by atoms with Gasteiger partial charge in [0.2, 0.25) is 0 Å². The summed E-state index contributed by atoms with van der Waals surface area (Å²) in [5.41, 5.74) is 6.22. The van der Waals surface area contributed by atoms with Gasteiger partial charge >= 0.3 is 0 Å². The predicted molar refractivity (Wildman–Crippen MR) is 70.6 cm³/mol. The number of carbonyl (C=O) groups is 1. The lowest BCUT2D eigenvalue weighted by Gasteiger charge is -2.21. The van der Waals surface area contributed by atoms with Crippen LogP contribution in [0.4, 0.5) is 4.39 Å². The van der Waals surface area contributed by atoms with Gasteiger partial charge in [0.15, 0.2) is 5.84 Å². The number of halogens is 1. The average Bonchev–Trinajstić information content (AvgIpc) is 2.37. The topological polar surface area (TPSA) is 87.7 Å². The third kappa shape index (κ3) is 3.67. The van der Waals surface area contributed by atoms with Crippen LogP contribution < -0.4 is 11.1 Å². The zero-order chi connectivity index (χ0) is 14.6. The summed E-state index contributed by atoms with van der Waals surface area (Å²) in [5, 5.41) is 14.1. The van der Waals surface area contributed by atoms with Crippen LogP contribution in [0.5, 0.6) is 0 Å². The third-order valence-corrected chi connectivity index (χ3v) is 2.75. The molecule has 1 atom stereocenters. The van der Waals surface area contributed by atoms with Crippen LogP contribution in [0.25, 0.3) is 0 Å². The molecular weight excluding hydrogens is 249 g/mol. The average molecular weight is 267 g/mol. The summed E-state index contributed by atoms with van der Waals surface area (Å²) in [5.74, 6) is -1.40. The molecule has 0 saturated heterocycles. The molecule has 0 aliphatic heterocycles. The van der Waals surface area contributed by atoms with Crippen LogP contribution in [0.3, 0.4) is 0 Å². The maximum atomic E-state index is 13.6. The van der Waals surface area contributed by atoms with Crippen molar-refractivity contribution in [2.24, 2.45) is 16.8 Å². The molecule has 1 unspecified atom stereocenters. The molecule has 6 heteroatoms. The van der Waals surface area contributed by atoms with Gasteiger partial charge in [-0.2, -0.15) is 0 Å². The Hall–Kier alpha value is -2.11. The highest BCUT2D eigenvalue weighted by atomic mass is 19.1. The molecule has 1 amide bonds. The molecule has 1 aromatic carbocycles. The lowest BCUT2D eigenvalue weighted by molar-refractivity contribution is 0.0934. The Morgan fingerprint density at radius 3 is 2.63 bits per heavy atom. The molecule has 0 radical (unpaired) electrons. The van der Waals surface area contributed by atoms with Crippen molar-refractivity contribution in [3.8, 4) is 0 Å². The van der Waals surface area contributed by atoms with E-state index in [1.54, 1.807) is 26.8 Å². The highest BCUT2D eigenvalue weighted by molar-refractivity contribution is 5.98. The van der Waals surface area contributed by atoms with Crippen LogP contribution in [0.2, 0.25) is 0 Å². The SMILES string of the molecule is Cc1ccc(F)c(C(=O)NC(C(N)=NO)C(C)C)c1. The second-order valence-corrected chi connectivity index (χ2v) is 4.70. The Bertz CT molecular complexity index is 501. The van der Waals surface area contributed by atoms with Gasteiger partial charge in [-0.05, 0) is 25.0 Å². The normalized spacial score (nSPS) is 13.4. The molecule has 0 aromatic heterocycles. The van der Waals surface area contributed by atoms with E-state index in [-0.39, 0.29) is 17.3 Å². The first-order chi connectivity index (χ1) is 8.86. The molecule has 5 nitrogen and oxygen atoms in total. The molecule has 0 fully saturated rings. The standard InChI is InChI=1S/C13H18FN3O2/c1-7(2)11(12(15)17-19)16-13(18)9-6-8(3)4-5-10(9)14/h4-7,11,19H,1-3H3,(H2,15,17)(H,16,18). The van der Waals surface area contributed by atoms with Gasteiger partial charge in [0, 0.05) is 0 Å². The number of aryl methyl sites for hydroxylation is 1. The summed E-state index contributed by atoms with van der Waals surface area (Å²) in [7, 11) is 0. The van der Waals surface area contributed by atoms with E-state index in [1.165, 1.54) is 12.1 Å². The zero-order valence-corrected chi connectivity index (χ0v) is 11.1. The lowest BCUT2D eigenvalue weighted by atomic mass is 10.0. The van der Waals surface area contributed by atoms with Crippen LogP contribution in [-0.4, -0.2) is 23.0 Å². The smallest absolute Gasteiger partial charge is 0.254 e. The minimum atomic E-state index is -0.655. The van der Waals surface area contributed by atoms with E-state index in [2.05, 4.69) is 10.5 Å². The fraction of sp³-hybridized carbons (Fsp3) is 0.385. The second kappa shape index (κ2) is 6.17. The number of amides is 1. The predicted octanol–water partition coefficient (Wildman–Crippen LogP) is 1.63. The maximum Gasteiger partial charge on any atom is 0.254 e. The van der Waals surface area contributed by atoms with E-state index in [0.717, 1.165) is 5.56 Å². The highest BCUT2D eigenvalue weighted by Crippen LogP contribution is 2.11. The van der Waals surface area contributed by atoms with Gasteiger partial charge in [0.05, 0.1) is 11.6 Å². The summed E-state index contributed by atoms with van der Waals surface area (Å²) in [6.07, 6.45) is 0. The Morgan fingerprint density at radius 1 is 1.47 bits per heavy atom. The molecule has 0 aliphatic rings. The van der Waals surface area contributed by atoms with Gasteiger partial charge < -0.3 is 16.3 Å². The number of rotatable bonds is 4. The van der Waals surface area contributed by atoms with Crippen molar-refractivity contribution in [2.75, 3.05) is 0 Å². The second-order valence-electron chi connectivity index (χ2n) is 4.70. The Kier molecular flexibility index (Phi) is 4.86. The first-order valence-corrected chi connectivity index (χ1v) is 5.91. The van der Waals surface area contributed by atoms with Gasteiger partial charge in [-0.1, -0.05) is 30.6 Å². The van der Waals surface area contributed by atoms with E-state index >= 15 is 0 Å². The summed E-state index contributed by atoms with van der Waals surface area (Å²) in [6.45, 7) is 5.37. The van der Waals surface area contributed by atoms with Gasteiger partial charge in [-0.3, -0.25) is 4.79 Å². The van der Waals surface area contributed by atoms with Crippen LogP contribution in [0.1, 0.15) is 29.8 Å². The van der Waals surface area contributed by atoms with Crippen molar-refractivity contribution in [1.82, 2.24) is 5.32 Å². The number of hydrogen-bond acceptors (Lipinski definition) is 3. The van der Waals surface area contributed by atoms with Crippen molar-refractivity contribution in [1.29, 1.82) is 0 Å². The van der Waals surface area contributed by atoms with Crippen LogP contribution >= 0.6 is 0 Å². The molecule has 1 aromatic rings. The molecule has 104 valence electrons. The van der Waals surface area contributed by atoms with E-state index in [0.29, 0.717) is 0 Å². The number of nitrogens with two attached hydrogens (primary N) is 1. The Morgan fingerprint density at radius 2 is 2.11 bits per heavy atom. The fourth-order valence-corrected chi connectivity index (χ4v) is 1.68. The van der Waals surface area contributed by atoms with Gasteiger partial charge in [0.25, 0.3) is 5.91 Å². The minimum Gasteiger partial charge on any atom is -0.409 e. The monoisotopic (exact) mass is 267 g/mol. The van der Waals surface area contributed by atoms with Gasteiger partial charge in [0.1, 0.15) is 5.82 Å². The number of benzene rings is 1. The Labute approximate surface area is 111 Å². The number of nitrogens with one attached hydrogen (secondary N) is 1. The van der Waals surface area contributed by atoms with Crippen molar-refractivity contribution in [3.05, 3.63) is 35.1 Å². The third-order valence-electron chi connectivity index (χ3n) is 2.75. The number of amidine groups is 1. The quantitative estimate of drug-likeness (QED) is 0.335. The summed E-state index contributed by atoms with van der Waals surface area (Å²) < 4.78 is 13.6.